The van der Waals surface area contributed by atoms with Gasteiger partial charge in [0.25, 0.3) is 0 Å². The van der Waals surface area contributed by atoms with E-state index >= 15 is 0 Å². The van der Waals surface area contributed by atoms with Crippen LogP contribution in [0.1, 0.15) is 44.0 Å². The molecule has 120 valence electrons. The Balaban J connectivity index is 1.94. The maximum atomic E-state index is 5.30. The van der Waals surface area contributed by atoms with Gasteiger partial charge >= 0.3 is 0 Å². The smallest absolute Gasteiger partial charge is 0.192 e. The molecule has 2 heterocycles. The molecule has 8 heteroatoms. The number of hydrogen-bond acceptors (Lipinski definition) is 5. The van der Waals surface area contributed by atoms with E-state index in [-0.39, 0.29) is 0 Å². The second kappa shape index (κ2) is 7.58. The summed E-state index contributed by atoms with van der Waals surface area (Å²) in [7, 11) is 1.90. The summed E-state index contributed by atoms with van der Waals surface area (Å²) in [5.41, 5.74) is 0.956. The summed E-state index contributed by atoms with van der Waals surface area (Å²) < 4.78 is 7.15. The van der Waals surface area contributed by atoms with Gasteiger partial charge in [0, 0.05) is 19.7 Å². The molecular formula is C14H23N7O. The van der Waals surface area contributed by atoms with Gasteiger partial charge in [-0.25, -0.2) is 4.99 Å². The van der Waals surface area contributed by atoms with E-state index in [1.165, 1.54) is 0 Å². The zero-order chi connectivity index (χ0) is 15.9. The van der Waals surface area contributed by atoms with Crippen molar-refractivity contribution < 1.29 is 4.52 Å². The van der Waals surface area contributed by atoms with Crippen molar-refractivity contribution in [3.8, 4) is 0 Å². The van der Waals surface area contributed by atoms with Crippen LogP contribution in [0, 0.1) is 0 Å². The maximum absolute atomic E-state index is 5.30. The number of nitrogens with zero attached hydrogens (tertiary/aromatic N) is 5. The first kappa shape index (κ1) is 16.0. The van der Waals surface area contributed by atoms with E-state index in [1.807, 2.05) is 24.6 Å². The molecule has 8 nitrogen and oxygen atoms in total. The molecule has 0 aliphatic heterocycles. The molecule has 2 rings (SSSR count). The third-order valence-electron chi connectivity index (χ3n) is 3.13. The lowest BCUT2D eigenvalue weighted by molar-refractivity contribution is 0.372. The third-order valence-corrected chi connectivity index (χ3v) is 3.13. The highest BCUT2D eigenvalue weighted by Crippen LogP contribution is 2.13. The van der Waals surface area contributed by atoms with Gasteiger partial charge in [-0.15, -0.1) is 10.2 Å². The summed E-state index contributed by atoms with van der Waals surface area (Å²) in [4.78, 5) is 4.48. The fourth-order valence-corrected chi connectivity index (χ4v) is 1.80. The molecule has 2 aromatic heterocycles. The largest absolute Gasteiger partial charge is 0.359 e. The zero-order valence-corrected chi connectivity index (χ0v) is 13.5. The van der Waals surface area contributed by atoms with Gasteiger partial charge < -0.3 is 19.7 Å². The topological polar surface area (TPSA) is 93.2 Å². The highest BCUT2D eigenvalue weighted by atomic mass is 16.5. The molecule has 0 saturated heterocycles. The molecule has 2 aromatic rings. The number of aryl methyl sites for hydroxylation is 1. The average Bonchev–Trinajstić information content (AvgIpc) is 3.11. The van der Waals surface area contributed by atoms with Gasteiger partial charge in [-0.2, -0.15) is 0 Å². The minimum Gasteiger partial charge on any atom is -0.359 e. The van der Waals surface area contributed by atoms with Gasteiger partial charge in [-0.1, -0.05) is 19.0 Å². The van der Waals surface area contributed by atoms with Crippen molar-refractivity contribution >= 4 is 5.96 Å². The van der Waals surface area contributed by atoms with Gasteiger partial charge in [-0.05, 0) is 12.8 Å². The first-order valence-electron chi connectivity index (χ1n) is 7.40. The molecule has 2 N–H and O–H groups in total. The van der Waals surface area contributed by atoms with Crippen LogP contribution < -0.4 is 10.6 Å². The molecule has 0 fully saturated rings. The zero-order valence-electron chi connectivity index (χ0n) is 13.5. The lowest BCUT2D eigenvalue weighted by Gasteiger charge is -2.09. The molecule has 0 unspecified atom stereocenters. The Morgan fingerprint density at radius 3 is 2.82 bits per heavy atom. The molecule has 0 amide bonds. The lowest BCUT2D eigenvalue weighted by atomic mass is 10.1. The first-order valence-corrected chi connectivity index (χ1v) is 7.40. The van der Waals surface area contributed by atoms with Crippen molar-refractivity contribution in [2.24, 2.45) is 12.0 Å². The normalized spacial score (nSPS) is 12.0. The highest BCUT2D eigenvalue weighted by molar-refractivity contribution is 5.79. The van der Waals surface area contributed by atoms with Crippen LogP contribution in [0.2, 0.25) is 0 Å². The molecule has 0 aromatic carbocycles. The fourth-order valence-electron chi connectivity index (χ4n) is 1.80. The second-order valence-corrected chi connectivity index (χ2v) is 5.28. The van der Waals surface area contributed by atoms with E-state index in [1.54, 1.807) is 6.33 Å². The molecule has 0 aliphatic carbocycles. The summed E-state index contributed by atoms with van der Waals surface area (Å²) in [6, 6.07) is 1.96. The minimum atomic E-state index is 0.357. The van der Waals surface area contributed by atoms with Crippen molar-refractivity contribution in [3.63, 3.8) is 0 Å². The van der Waals surface area contributed by atoms with Crippen LogP contribution in [0.4, 0.5) is 0 Å². The van der Waals surface area contributed by atoms with Gasteiger partial charge in [0.15, 0.2) is 17.5 Å². The Labute approximate surface area is 130 Å². The molecule has 0 atom stereocenters. The Morgan fingerprint density at radius 2 is 2.23 bits per heavy atom. The number of aromatic nitrogens is 4. The van der Waals surface area contributed by atoms with Crippen LogP contribution in [0.5, 0.6) is 0 Å². The van der Waals surface area contributed by atoms with E-state index < -0.39 is 0 Å². The first-order chi connectivity index (χ1) is 10.6. The molecule has 0 spiro atoms. The number of nitrogens with one attached hydrogen (secondary N) is 2. The standard InChI is InChI=1S/C14H23N7O/c1-5-15-14(17-8-13-19-18-9-21(13)4)16-7-11-6-12(10(2)3)20-22-11/h6,9-10H,5,7-8H2,1-4H3,(H2,15,16,17). The van der Waals surface area contributed by atoms with E-state index in [9.17, 15) is 0 Å². The number of rotatable bonds is 6. The van der Waals surface area contributed by atoms with Crippen LogP contribution in [-0.2, 0) is 20.1 Å². The van der Waals surface area contributed by atoms with Gasteiger partial charge in [-0.3, -0.25) is 0 Å². The number of aliphatic imine (C=N–C) groups is 1. The van der Waals surface area contributed by atoms with Crippen LogP contribution in [0.25, 0.3) is 0 Å². The van der Waals surface area contributed by atoms with Crippen molar-refractivity contribution in [2.45, 2.75) is 39.8 Å². The Morgan fingerprint density at radius 1 is 1.41 bits per heavy atom. The van der Waals surface area contributed by atoms with Crippen molar-refractivity contribution in [1.29, 1.82) is 0 Å². The molecule has 0 saturated carbocycles. The predicted octanol–water partition coefficient (Wildman–Crippen LogP) is 1.18. The second-order valence-electron chi connectivity index (χ2n) is 5.28. The van der Waals surface area contributed by atoms with E-state index in [0.717, 1.165) is 23.8 Å². The lowest BCUT2D eigenvalue weighted by Crippen LogP contribution is -2.36. The van der Waals surface area contributed by atoms with Crippen molar-refractivity contribution in [2.75, 3.05) is 6.54 Å². The third kappa shape index (κ3) is 4.31. The Hall–Kier alpha value is -2.38. The van der Waals surface area contributed by atoms with E-state index in [4.69, 9.17) is 4.52 Å². The number of hydrogen-bond donors (Lipinski definition) is 2. The van der Waals surface area contributed by atoms with Crippen LogP contribution in [0.15, 0.2) is 21.9 Å². The molecular weight excluding hydrogens is 282 g/mol. The average molecular weight is 305 g/mol. The van der Waals surface area contributed by atoms with E-state index in [2.05, 4.69) is 44.8 Å². The summed E-state index contributed by atoms with van der Waals surface area (Å²) in [5.74, 6) is 2.65. The molecule has 0 radical (unpaired) electrons. The Kier molecular flexibility index (Phi) is 5.51. The summed E-state index contributed by atoms with van der Waals surface area (Å²) in [5, 5.41) is 18.3. The number of guanidine groups is 1. The van der Waals surface area contributed by atoms with E-state index in [0.29, 0.717) is 25.0 Å². The molecule has 0 aliphatic rings. The summed E-state index contributed by atoms with van der Waals surface area (Å²) in [6.07, 6.45) is 1.66. The monoisotopic (exact) mass is 305 g/mol. The predicted molar refractivity (Wildman–Crippen MR) is 83.3 cm³/mol. The maximum Gasteiger partial charge on any atom is 0.192 e. The van der Waals surface area contributed by atoms with Gasteiger partial charge in [0.2, 0.25) is 0 Å². The van der Waals surface area contributed by atoms with Gasteiger partial charge in [0.05, 0.1) is 12.2 Å². The Bertz CT molecular complexity index is 614. The van der Waals surface area contributed by atoms with Crippen molar-refractivity contribution in [1.82, 2.24) is 30.6 Å². The van der Waals surface area contributed by atoms with Crippen LogP contribution in [-0.4, -0.2) is 32.4 Å². The molecule has 22 heavy (non-hydrogen) atoms. The quantitative estimate of drug-likeness (QED) is 0.615. The van der Waals surface area contributed by atoms with Crippen LogP contribution >= 0.6 is 0 Å². The fraction of sp³-hybridized carbons (Fsp3) is 0.571. The SMILES string of the molecule is CCNC(=NCc1nncn1C)NCc1cc(C(C)C)no1. The van der Waals surface area contributed by atoms with Crippen LogP contribution in [0.3, 0.4) is 0 Å². The minimum absolute atomic E-state index is 0.357. The summed E-state index contributed by atoms with van der Waals surface area (Å²) in [6.45, 7) is 7.95. The van der Waals surface area contributed by atoms with Crippen molar-refractivity contribution in [3.05, 3.63) is 29.7 Å². The summed E-state index contributed by atoms with van der Waals surface area (Å²) >= 11 is 0. The highest BCUT2D eigenvalue weighted by Gasteiger charge is 2.08. The van der Waals surface area contributed by atoms with Gasteiger partial charge in [0.1, 0.15) is 12.9 Å². The molecule has 0 bridgehead atoms.